The smallest absolute Gasteiger partial charge is 0.313 e. The Morgan fingerprint density at radius 2 is 1.82 bits per heavy atom. The van der Waals surface area contributed by atoms with Gasteiger partial charge in [-0.15, -0.1) is 0 Å². The topological polar surface area (TPSA) is 69.4 Å². The lowest BCUT2D eigenvalue weighted by Crippen LogP contribution is -2.13. The summed E-state index contributed by atoms with van der Waals surface area (Å²) in [5.41, 5.74) is 3.06. The molecule has 0 aromatic heterocycles. The molecule has 2 rings (SSSR count). The molecule has 0 N–H and O–H groups in total. The van der Waals surface area contributed by atoms with Crippen LogP contribution >= 0.6 is 0 Å². The molecule has 0 saturated carbocycles. The van der Waals surface area contributed by atoms with Crippen molar-refractivity contribution in [3.05, 3.63) is 68.8 Å². The highest BCUT2D eigenvalue weighted by Crippen LogP contribution is 2.30. The highest BCUT2D eigenvalue weighted by Gasteiger charge is 2.19. The van der Waals surface area contributed by atoms with Crippen LogP contribution in [0, 0.1) is 30.9 Å². The number of nitrogens with zero attached hydrogens (tertiary/aromatic N) is 1. The lowest BCUT2D eigenvalue weighted by atomic mass is 10.0. The monoisotopic (exact) mass is 299 g/mol. The third kappa shape index (κ3) is 3.31. The van der Waals surface area contributed by atoms with Gasteiger partial charge in [0.05, 0.1) is 4.92 Å². The van der Waals surface area contributed by atoms with Gasteiger partial charge < -0.3 is 4.74 Å². The third-order valence-corrected chi connectivity index (χ3v) is 3.57. The van der Waals surface area contributed by atoms with Crippen molar-refractivity contribution in [3.63, 3.8) is 0 Å². The van der Waals surface area contributed by atoms with Crippen molar-refractivity contribution < 1.29 is 14.5 Å². The SMILES string of the molecule is Cc1ccc(C(=O)COc2cccc(C)c2[N+](=O)[O-])cc1C. The number of Topliss-reactive ketones (excluding diaryl/α,β-unsaturated/α-hetero) is 1. The summed E-state index contributed by atoms with van der Waals surface area (Å²) in [4.78, 5) is 22.7. The van der Waals surface area contributed by atoms with E-state index in [4.69, 9.17) is 4.74 Å². The van der Waals surface area contributed by atoms with Gasteiger partial charge in [0.15, 0.2) is 18.1 Å². The van der Waals surface area contributed by atoms with Crippen LogP contribution in [-0.2, 0) is 0 Å². The number of carbonyl (C=O) groups excluding carboxylic acids is 1. The molecule has 0 bridgehead atoms. The molecule has 0 unspecified atom stereocenters. The Kier molecular flexibility index (Phi) is 4.56. The number of hydrogen-bond donors (Lipinski definition) is 0. The second kappa shape index (κ2) is 6.39. The predicted octanol–water partition coefficient (Wildman–Crippen LogP) is 3.78. The molecule has 114 valence electrons. The molecule has 0 saturated heterocycles. The Balaban J connectivity index is 2.16. The molecular formula is C17H17NO4. The Labute approximate surface area is 128 Å². The fourth-order valence-corrected chi connectivity index (χ4v) is 2.12. The van der Waals surface area contributed by atoms with Gasteiger partial charge >= 0.3 is 5.69 Å². The Bertz CT molecular complexity index is 737. The number of hydrogen-bond acceptors (Lipinski definition) is 4. The van der Waals surface area contributed by atoms with Gasteiger partial charge in [-0.2, -0.15) is 0 Å². The minimum Gasteiger partial charge on any atom is -0.478 e. The number of nitro groups is 1. The first-order valence-corrected chi connectivity index (χ1v) is 6.87. The summed E-state index contributed by atoms with van der Waals surface area (Å²) in [7, 11) is 0. The van der Waals surface area contributed by atoms with E-state index in [-0.39, 0.29) is 23.8 Å². The van der Waals surface area contributed by atoms with Crippen molar-refractivity contribution in [2.45, 2.75) is 20.8 Å². The largest absolute Gasteiger partial charge is 0.478 e. The average molecular weight is 299 g/mol. The maximum atomic E-state index is 12.2. The van der Waals surface area contributed by atoms with E-state index in [1.54, 1.807) is 31.2 Å². The van der Waals surface area contributed by atoms with Gasteiger partial charge in [0.2, 0.25) is 0 Å². The molecule has 2 aromatic carbocycles. The summed E-state index contributed by atoms with van der Waals surface area (Å²) in [6.07, 6.45) is 0. The number of benzene rings is 2. The molecule has 0 atom stereocenters. The molecule has 5 heteroatoms. The predicted molar refractivity (Wildman–Crippen MR) is 83.6 cm³/mol. The Hall–Kier alpha value is -2.69. The van der Waals surface area contributed by atoms with E-state index >= 15 is 0 Å². The van der Waals surface area contributed by atoms with Crippen LogP contribution in [0.4, 0.5) is 5.69 Å². The van der Waals surface area contributed by atoms with Crippen molar-refractivity contribution in [1.29, 1.82) is 0 Å². The van der Waals surface area contributed by atoms with Crippen LogP contribution < -0.4 is 4.74 Å². The molecule has 0 aliphatic heterocycles. The van der Waals surface area contributed by atoms with Gasteiger partial charge in [0.25, 0.3) is 0 Å². The average Bonchev–Trinajstić information content (AvgIpc) is 2.47. The lowest BCUT2D eigenvalue weighted by Gasteiger charge is -2.08. The summed E-state index contributed by atoms with van der Waals surface area (Å²) in [6, 6.07) is 10.2. The molecule has 0 spiro atoms. The number of ketones is 1. The molecule has 0 radical (unpaired) electrons. The number of carbonyl (C=O) groups is 1. The van der Waals surface area contributed by atoms with Crippen LogP contribution in [0.15, 0.2) is 36.4 Å². The summed E-state index contributed by atoms with van der Waals surface area (Å²) < 4.78 is 5.37. The molecule has 22 heavy (non-hydrogen) atoms. The highest BCUT2D eigenvalue weighted by molar-refractivity contribution is 5.97. The minimum absolute atomic E-state index is 0.101. The Morgan fingerprint density at radius 3 is 2.45 bits per heavy atom. The zero-order valence-corrected chi connectivity index (χ0v) is 12.8. The van der Waals surface area contributed by atoms with E-state index in [1.807, 2.05) is 19.9 Å². The van der Waals surface area contributed by atoms with Crippen molar-refractivity contribution >= 4 is 11.5 Å². The number of aryl methyl sites for hydroxylation is 3. The van der Waals surface area contributed by atoms with E-state index in [2.05, 4.69) is 0 Å². The zero-order valence-electron chi connectivity index (χ0n) is 12.8. The maximum Gasteiger partial charge on any atom is 0.313 e. The van der Waals surface area contributed by atoms with Gasteiger partial charge in [-0.05, 0) is 44.0 Å². The number of para-hydroxylation sites is 1. The zero-order chi connectivity index (χ0) is 16.3. The second-order valence-corrected chi connectivity index (χ2v) is 5.19. The van der Waals surface area contributed by atoms with Gasteiger partial charge in [-0.1, -0.05) is 24.3 Å². The summed E-state index contributed by atoms with van der Waals surface area (Å²) >= 11 is 0. The molecule has 0 aliphatic rings. The molecule has 0 amide bonds. The van der Waals surface area contributed by atoms with Crippen molar-refractivity contribution in [3.8, 4) is 5.75 Å². The van der Waals surface area contributed by atoms with Crippen LogP contribution in [0.3, 0.4) is 0 Å². The van der Waals surface area contributed by atoms with Crippen LogP contribution in [0.2, 0.25) is 0 Å². The fourth-order valence-electron chi connectivity index (χ4n) is 2.12. The van der Waals surface area contributed by atoms with Crippen molar-refractivity contribution in [1.82, 2.24) is 0 Å². The quantitative estimate of drug-likeness (QED) is 0.478. The van der Waals surface area contributed by atoms with Crippen LogP contribution in [0.1, 0.15) is 27.0 Å². The second-order valence-electron chi connectivity index (χ2n) is 5.19. The van der Waals surface area contributed by atoms with Gasteiger partial charge in [-0.25, -0.2) is 0 Å². The standard InChI is InChI=1S/C17H17NO4/c1-11-7-8-14(9-13(11)3)15(19)10-22-16-6-4-5-12(2)17(16)18(20)21/h4-9H,10H2,1-3H3. The van der Waals surface area contributed by atoms with Crippen molar-refractivity contribution in [2.75, 3.05) is 6.61 Å². The first-order valence-electron chi connectivity index (χ1n) is 6.87. The van der Waals surface area contributed by atoms with Crippen LogP contribution in [0.25, 0.3) is 0 Å². The first-order chi connectivity index (χ1) is 10.4. The molecular weight excluding hydrogens is 282 g/mol. The summed E-state index contributed by atoms with van der Waals surface area (Å²) in [5, 5.41) is 11.1. The van der Waals surface area contributed by atoms with Crippen molar-refractivity contribution in [2.24, 2.45) is 0 Å². The number of nitro benzene ring substituents is 1. The maximum absolute atomic E-state index is 12.2. The fraction of sp³-hybridized carbons (Fsp3) is 0.235. The molecule has 5 nitrogen and oxygen atoms in total. The Morgan fingerprint density at radius 1 is 1.09 bits per heavy atom. The van der Waals surface area contributed by atoms with Gasteiger partial charge in [-0.3, -0.25) is 14.9 Å². The van der Waals surface area contributed by atoms with E-state index in [0.717, 1.165) is 11.1 Å². The number of ether oxygens (including phenoxy) is 1. The summed E-state index contributed by atoms with van der Waals surface area (Å²) in [6.45, 7) is 5.30. The molecule has 0 heterocycles. The lowest BCUT2D eigenvalue weighted by molar-refractivity contribution is -0.386. The van der Waals surface area contributed by atoms with Crippen LogP contribution in [0.5, 0.6) is 5.75 Å². The van der Waals surface area contributed by atoms with E-state index < -0.39 is 4.92 Å². The van der Waals surface area contributed by atoms with Gasteiger partial charge in [0, 0.05) is 11.1 Å². The molecule has 0 aliphatic carbocycles. The highest BCUT2D eigenvalue weighted by atomic mass is 16.6. The normalized spacial score (nSPS) is 10.3. The van der Waals surface area contributed by atoms with E-state index in [9.17, 15) is 14.9 Å². The molecule has 0 fully saturated rings. The molecule has 2 aromatic rings. The number of rotatable bonds is 5. The minimum atomic E-state index is -0.495. The summed E-state index contributed by atoms with van der Waals surface area (Å²) in [5.74, 6) is -0.0962. The van der Waals surface area contributed by atoms with Crippen LogP contribution in [-0.4, -0.2) is 17.3 Å². The first kappa shape index (κ1) is 15.7. The van der Waals surface area contributed by atoms with Gasteiger partial charge in [0.1, 0.15) is 0 Å². The third-order valence-electron chi connectivity index (χ3n) is 3.57. The van der Waals surface area contributed by atoms with E-state index in [1.165, 1.54) is 6.07 Å². The van der Waals surface area contributed by atoms with E-state index in [0.29, 0.717) is 11.1 Å².